The van der Waals surface area contributed by atoms with Crippen LogP contribution in [0, 0.1) is 0 Å². The van der Waals surface area contributed by atoms with Crippen LogP contribution in [0.15, 0.2) is 54.7 Å². The standard InChI is InChI=1S/C23H24N4O4/c1-30-17-10-11-20(31-2)18(12-17)22-19(14-27(26-22)16-6-4-3-5-7-16)23(29)24-13-21(28)25-15-8-9-15/h3-7,10-12,14-15H,8-9,13H2,1-2H3,(H,24,29)(H,25,28). The molecular weight excluding hydrogens is 396 g/mol. The quantitative estimate of drug-likeness (QED) is 0.584. The molecular formula is C23H24N4O4. The first-order valence-corrected chi connectivity index (χ1v) is 10.0. The number of nitrogens with one attached hydrogen (secondary N) is 2. The zero-order valence-electron chi connectivity index (χ0n) is 17.4. The largest absolute Gasteiger partial charge is 0.497 e. The van der Waals surface area contributed by atoms with Crippen molar-refractivity contribution in [3.63, 3.8) is 0 Å². The number of methoxy groups -OCH3 is 2. The van der Waals surface area contributed by atoms with E-state index in [4.69, 9.17) is 9.47 Å². The molecule has 0 bridgehead atoms. The number of amides is 2. The maximum Gasteiger partial charge on any atom is 0.255 e. The number of aromatic nitrogens is 2. The molecule has 0 atom stereocenters. The molecule has 1 aliphatic carbocycles. The molecule has 2 amide bonds. The summed E-state index contributed by atoms with van der Waals surface area (Å²) in [6.45, 7) is -0.0967. The van der Waals surface area contributed by atoms with Crippen LogP contribution in [-0.2, 0) is 4.79 Å². The third-order valence-electron chi connectivity index (χ3n) is 4.99. The van der Waals surface area contributed by atoms with Crippen LogP contribution < -0.4 is 20.1 Å². The van der Waals surface area contributed by atoms with Crippen molar-refractivity contribution >= 4 is 11.8 Å². The van der Waals surface area contributed by atoms with Crippen molar-refractivity contribution in [2.75, 3.05) is 20.8 Å². The van der Waals surface area contributed by atoms with Gasteiger partial charge in [-0.3, -0.25) is 9.59 Å². The SMILES string of the molecule is COc1ccc(OC)c(-c2nn(-c3ccccc3)cc2C(=O)NCC(=O)NC2CC2)c1. The summed E-state index contributed by atoms with van der Waals surface area (Å²) in [5.74, 6) is 0.569. The highest BCUT2D eigenvalue weighted by atomic mass is 16.5. The van der Waals surface area contributed by atoms with Crippen LogP contribution in [0.2, 0.25) is 0 Å². The molecule has 160 valence electrons. The number of carbonyl (C=O) groups excluding carboxylic acids is 2. The van der Waals surface area contributed by atoms with E-state index in [1.807, 2.05) is 30.3 Å². The van der Waals surface area contributed by atoms with Gasteiger partial charge in [-0.25, -0.2) is 4.68 Å². The number of carbonyl (C=O) groups is 2. The normalized spacial score (nSPS) is 12.8. The van der Waals surface area contributed by atoms with Crippen molar-refractivity contribution in [1.29, 1.82) is 0 Å². The van der Waals surface area contributed by atoms with Crippen LogP contribution in [0.4, 0.5) is 0 Å². The maximum atomic E-state index is 13.0. The molecule has 4 rings (SSSR count). The van der Waals surface area contributed by atoms with Gasteiger partial charge in [-0.1, -0.05) is 18.2 Å². The summed E-state index contributed by atoms with van der Waals surface area (Å²) in [5, 5.41) is 10.2. The van der Waals surface area contributed by atoms with Gasteiger partial charge < -0.3 is 20.1 Å². The lowest BCUT2D eigenvalue weighted by atomic mass is 10.1. The molecule has 8 heteroatoms. The Hall–Kier alpha value is -3.81. The van der Waals surface area contributed by atoms with Gasteiger partial charge in [-0.2, -0.15) is 5.10 Å². The highest BCUT2D eigenvalue weighted by Gasteiger charge is 2.25. The molecule has 0 aliphatic heterocycles. The third kappa shape index (κ3) is 4.69. The minimum absolute atomic E-state index is 0.0967. The zero-order chi connectivity index (χ0) is 21.8. The molecule has 1 saturated carbocycles. The van der Waals surface area contributed by atoms with Crippen molar-refractivity contribution in [2.45, 2.75) is 18.9 Å². The number of ether oxygens (including phenoxy) is 2. The molecule has 0 unspecified atom stereocenters. The molecule has 8 nitrogen and oxygen atoms in total. The fourth-order valence-electron chi connectivity index (χ4n) is 3.21. The Labute approximate surface area is 180 Å². The summed E-state index contributed by atoms with van der Waals surface area (Å²) >= 11 is 0. The fraction of sp³-hybridized carbons (Fsp3) is 0.261. The minimum Gasteiger partial charge on any atom is -0.497 e. The number of nitrogens with zero attached hydrogens (tertiary/aromatic N) is 2. The number of benzene rings is 2. The third-order valence-corrected chi connectivity index (χ3v) is 4.99. The zero-order valence-corrected chi connectivity index (χ0v) is 17.4. The molecule has 1 aromatic heterocycles. The lowest BCUT2D eigenvalue weighted by molar-refractivity contribution is -0.120. The van der Waals surface area contributed by atoms with Crippen molar-refractivity contribution in [2.24, 2.45) is 0 Å². The van der Waals surface area contributed by atoms with Crippen LogP contribution >= 0.6 is 0 Å². The fourth-order valence-corrected chi connectivity index (χ4v) is 3.21. The Morgan fingerprint density at radius 3 is 2.55 bits per heavy atom. The molecule has 31 heavy (non-hydrogen) atoms. The molecule has 1 fully saturated rings. The van der Waals surface area contributed by atoms with Crippen molar-refractivity contribution in [3.8, 4) is 28.4 Å². The molecule has 3 aromatic rings. The van der Waals surface area contributed by atoms with E-state index in [2.05, 4.69) is 15.7 Å². The number of para-hydroxylation sites is 1. The second kappa shape index (κ2) is 8.91. The van der Waals surface area contributed by atoms with E-state index in [0.29, 0.717) is 28.3 Å². The summed E-state index contributed by atoms with van der Waals surface area (Å²) in [7, 11) is 3.13. The minimum atomic E-state index is -0.395. The van der Waals surface area contributed by atoms with Gasteiger partial charge in [-0.05, 0) is 43.2 Å². The van der Waals surface area contributed by atoms with E-state index in [1.165, 1.54) is 0 Å². The summed E-state index contributed by atoms with van der Waals surface area (Å²) in [6.07, 6.45) is 3.63. The van der Waals surface area contributed by atoms with E-state index in [0.717, 1.165) is 18.5 Å². The average Bonchev–Trinajstić information content (AvgIpc) is 3.51. The van der Waals surface area contributed by atoms with Gasteiger partial charge in [0.25, 0.3) is 5.91 Å². The van der Waals surface area contributed by atoms with Gasteiger partial charge in [0.05, 0.1) is 32.0 Å². The Kier molecular flexibility index (Phi) is 5.88. The molecule has 1 aliphatic rings. The average molecular weight is 420 g/mol. The van der Waals surface area contributed by atoms with Crippen LogP contribution in [-0.4, -0.2) is 48.4 Å². The van der Waals surface area contributed by atoms with Gasteiger partial charge >= 0.3 is 0 Å². The second-order valence-electron chi connectivity index (χ2n) is 7.26. The maximum absolute atomic E-state index is 13.0. The van der Waals surface area contributed by atoms with Crippen molar-refractivity contribution in [3.05, 3.63) is 60.3 Å². The van der Waals surface area contributed by atoms with Crippen LogP contribution in [0.1, 0.15) is 23.2 Å². The van der Waals surface area contributed by atoms with E-state index in [9.17, 15) is 9.59 Å². The first-order valence-electron chi connectivity index (χ1n) is 10.0. The number of rotatable bonds is 8. The van der Waals surface area contributed by atoms with Crippen molar-refractivity contribution < 1.29 is 19.1 Å². The predicted molar refractivity (Wildman–Crippen MR) is 116 cm³/mol. The Morgan fingerprint density at radius 1 is 1.10 bits per heavy atom. The summed E-state index contributed by atoms with van der Waals surface area (Å²) in [5.41, 5.74) is 2.18. The van der Waals surface area contributed by atoms with Crippen molar-refractivity contribution in [1.82, 2.24) is 20.4 Å². The van der Waals surface area contributed by atoms with Gasteiger partial charge in [0.15, 0.2) is 0 Å². The monoisotopic (exact) mass is 420 g/mol. The van der Waals surface area contributed by atoms with E-state index < -0.39 is 5.91 Å². The van der Waals surface area contributed by atoms with Gasteiger partial charge in [-0.15, -0.1) is 0 Å². The van der Waals surface area contributed by atoms with Gasteiger partial charge in [0.2, 0.25) is 5.91 Å². The van der Waals surface area contributed by atoms with Gasteiger partial charge in [0, 0.05) is 17.8 Å². The topological polar surface area (TPSA) is 94.5 Å². The van der Waals surface area contributed by atoms with E-state index in [-0.39, 0.29) is 18.5 Å². The summed E-state index contributed by atoms with van der Waals surface area (Å²) in [4.78, 5) is 25.0. The summed E-state index contributed by atoms with van der Waals surface area (Å²) < 4.78 is 12.5. The number of hydrogen-bond acceptors (Lipinski definition) is 5. The first kappa shape index (κ1) is 20.5. The first-order chi connectivity index (χ1) is 15.1. The molecule has 0 spiro atoms. The smallest absolute Gasteiger partial charge is 0.255 e. The lowest BCUT2D eigenvalue weighted by Crippen LogP contribution is -2.37. The Bertz CT molecular complexity index is 1090. The van der Waals surface area contributed by atoms with Crippen LogP contribution in [0.3, 0.4) is 0 Å². The molecule has 2 aromatic carbocycles. The molecule has 0 saturated heterocycles. The molecule has 1 heterocycles. The van der Waals surface area contributed by atoms with E-state index >= 15 is 0 Å². The molecule has 0 radical (unpaired) electrons. The number of hydrogen-bond donors (Lipinski definition) is 2. The second-order valence-corrected chi connectivity index (χ2v) is 7.26. The molecule has 2 N–H and O–H groups in total. The predicted octanol–water partition coefficient (Wildman–Crippen LogP) is 2.56. The highest BCUT2D eigenvalue weighted by Crippen LogP contribution is 2.35. The van der Waals surface area contributed by atoms with E-state index in [1.54, 1.807) is 43.3 Å². The van der Waals surface area contributed by atoms with Crippen LogP contribution in [0.25, 0.3) is 16.9 Å². The lowest BCUT2D eigenvalue weighted by Gasteiger charge is -2.10. The van der Waals surface area contributed by atoms with Gasteiger partial charge in [0.1, 0.15) is 17.2 Å². The van der Waals surface area contributed by atoms with Crippen LogP contribution in [0.5, 0.6) is 11.5 Å². The summed E-state index contributed by atoms with van der Waals surface area (Å²) in [6, 6.07) is 15.0. The highest BCUT2D eigenvalue weighted by molar-refractivity contribution is 6.02. The Balaban J connectivity index is 1.70. The Morgan fingerprint density at radius 2 is 1.87 bits per heavy atom.